The Morgan fingerprint density at radius 3 is 2.35 bits per heavy atom. The van der Waals surface area contributed by atoms with Crippen molar-refractivity contribution in [3.8, 4) is 5.75 Å². The van der Waals surface area contributed by atoms with Crippen LogP contribution in [0.3, 0.4) is 0 Å². The van der Waals surface area contributed by atoms with Crippen molar-refractivity contribution in [2.75, 3.05) is 12.9 Å². The van der Waals surface area contributed by atoms with Gasteiger partial charge in [0.25, 0.3) is 0 Å². The number of methoxy groups -OCH3 is 1. The average molecular weight is 299 g/mol. The summed E-state index contributed by atoms with van der Waals surface area (Å²) in [7, 11) is -2.01. The van der Waals surface area contributed by atoms with E-state index in [-0.39, 0.29) is 5.75 Å². The molecule has 1 saturated carbocycles. The van der Waals surface area contributed by atoms with Crippen molar-refractivity contribution in [1.29, 1.82) is 0 Å². The van der Waals surface area contributed by atoms with E-state index in [1.54, 1.807) is 24.3 Å². The van der Waals surface area contributed by atoms with Gasteiger partial charge in [0, 0.05) is 11.7 Å². The van der Waals surface area contributed by atoms with Crippen LogP contribution in [0.15, 0.2) is 24.3 Å². The first kappa shape index (κ1) is 14.8. The summed E-state index contributed by atoms with van der Waals surface area (Å²) < 4.78 is 29.1. The van der Waals surface area contributed by atoms with Gasteiger partial charge in [0.15, 0.2) is 9.84 Å². The highest BCUT2D eigenvalue weighted by molar-refractivity contribution is 7.92. The van der Waals surface area contributed by atoms with Crippen molar-refractivity contribution in [3.05, 3.63) is 29.8 Å². The maximum absolute atomic E-state index is 12.0. The Morgan fingerprint density at radius 2 is 1.95 bits per heavy atom. The summed E-state index contributed by atoms with van der Waals surface area (Å²) in [5.41, 5.74) is 4.68. The molecule has 3 atom stereocenters. The molecule has 110 valence electrons. The molecule has 1 aliphatic rings. The van der Waals surface area contributed by atoms with E-state index < -0.39 is 32.5 Å². The first-order valence-corrected chi connectivity index (χ1v) is 7.88. The monoisotopic (exact) mass is 299 g/mol. The number of rotatable bonds is 5. The number of benzene rings is 1. The molecule has 0 heterocycles. The minimum atomic E-state index is -3.53. The Bertz CT molecular complexity index is 625. The van der Waals surface area contributed by atoms with Gasteiger partial charge in [0.2, 0.25) is 0 Å². The van der Waals surface area contributed by atoms with Crippen LogP contribution >= 0.6 is 0 Å². The van der Waals surface area contributed by atoms with Gasteiger partial charge in [-0.25, -0.2) is 8.42 Å². The predicted molar refractivity (Wildman–Crippen MR) is 73.5 cm³/mol. The number of hydrogen-bond acceptors (Lipinski definition) is 5. The van der Waals surface area contributed by atoms with E-state index in [0.717, 1.165) is 0 Å². The van der Waals surface area contributed by atoms with Gasteiger partial charge in [-0.1, -0.05) is 19.1 Å². The number of sulfone groups is 1. The maximum Gasteiger partial charge on any atom is 0.325 e. The maximum atomic E-state index is 12.0. The van der Waals surface area contributed by atoms with Crippen LogP contribution in [0.5, 0.6) is 5.75 Å². The van der Waals surface area contributed by atoms with Crippen molar-refractivity contribution >= 4 is 15.8 Å². The molecule has 2 rings (SSSR count). The summed E-state index contributed by atoms with van der Waals surface area (Å²) in [4.78, 5) is 11.3. The number of aliphatic carboxylic acids is 1. The third kappa shape index (κ3) is 2.06. The molecule has 0 unspecified atom stereocenters. The number of hydrogen-bond donors (Lipinski definition) is 2. The number of carboxylic acids is 1. The second-order valence-corrected chi connectivity index (χ2v) is 7.27. The van der Waals surface area contributed by atoms with Crippen LogP contribution < -0.4 is 10.5 Å². The molecule has 20 heavy (non-hydrogen) atoms. The Hall–Kier alpha value is -1.60. The highest BCUT2D eigenvalue weighted by Gasteiger charge is 2.73. The fourth-order valence-electron chi connectivity index (χ4n) is 2.57. The molecule has 1 aliphatic carbocycles. The quantitative estimate of drug-likeness (QED) is 0.814. The topological polar surface area (TPSA) is 107 Å². The lowest BCUT2D eigenvalue weighted by molar-refractivity contribution is -0.139. The fraction of sp³-hybridized carbons (Fsp3) is 0.462. The van der Waals surface area contributed by atoms with E-state index in [2.05, 4.69) is 0 Å². The van der Waals surface area contributed by atoms with Gasteiger partial charge in [0.05, 0.1) is 12.4 Å². The first-order chi connectivity index (χ1) is 9.29. The van der Waals surface area contributed by atoms with E-state index >= 15 is 0 Å². The molecule has 0 spiro atoms. The lowest BCUT2D eigenvalue weighted by Crippen LogP contribution is -2.40. The lowest BCUT2D eigenvalue weighted by atomic mass is 10.1. The summed E-state index contributed by atoms with van der Waals surface area (Å²) in [5, 5.41) is 8.18. The minimum absolute atomic E-state index is 0.128. The molecule has 1 aromatic rings. The zero-order valence-electron chi connectivity index (χ0n) is 11.2. The molecule has 1 aromatic carbocycles. The standard InChI is InChI=1S/C13H17NO5S/c1-3-20(17,18)11-10(13(11,14)12(15)16)8-4-6-9(19-2)7-5-8/h4-7,10-11H,3,14H2,1-2H3,(H,15,16)/t10-,11-,13-/m1/s1. The van der Waals surface area contributed by atoms with Gasteiger partial charge in [-0.15, -0.1) is 0 Å². The molecule has 0 aliphatic heterocycles. The summed E-state index contributed by atoms with van der Waals surface area (Å²) in [6, 6.07) is 6.62. The Balaban J connectivity index is 2.41. The first-order valence-electron chi connectivity index (χ1n) is 6.16. The molecule has 1 fully saturated rings. The summed E-state index contributed by atoms with van der Waals surface area (Å²) >= 11 is 0. The number of nitrogens with two attached hydrogens (primary N) is 1. The van der Waals surface area contributed by atoms with Crippen molar-refractivity contribution in [2.24, 2.45) is 5.73 Å². The van der Waals surface area contributed by atoms with Crippen LogP contribution in [0.1, 0.15) is 18.4 Å². The average Bonchev–Trinajstić information content (AvgIpc) is 3.08. The third-order valence-corrected chi connectivity index (χ3v) is 6.05. The molecule has 0 bridgehead atoms. The van der Waals surface area contributed by atoms with Gasteiger partial charge in [-0.3, -0.25) is 4.79 Å². The van der Waals surface area contributed by atoms with Gasteiger partial charge in [-0.05, 0) is 17.7 Å². The summed E-state index contributed by atoms with van der Waals surface area (Å²) in [6.07, 6.45) is 0. The Labute approximate surface area is 117 Å². The molecule has 0 saturated heterocycles. The number of carboxylic acid groups (broad SMARTS) is 1. The fourth-order valence-corrected chi connectivity index (χ4v) is 4.49. The number of carbonyl (C=O) groups is 1. The van der Waals surface area contributed by atoms with Crippen LogP contribution in [0.25, 0.3) is 0 Å². The van der Waals surface area contributed by atoms with Crippen molar-refractivity contribution in [1.82, 2.24) is 0 Å². The zero-order chi connectivity index (χ0) is 15.1. The largest absolute Gasteiger partial charge is 0.497 e. The van der Waals surface area contributed by atoms with Crippen molar-refractivity contribution in [3.63, 3.8) is 0 Å². The highest BCUT2D eigenvalue weighted by Crippen LogP contribution is 2.54. The van der Waals surface area contributed by atoms with Crippen LogP contribution in [0, 0.1) is 0 Å². The molecule has 3 N–H and O–H groups in total. The van der Waals surface area contributed by atoms with Crippen molar-refractivity contribution < 1.29 is 23.1 Å². The number of ether oxygens (including phenoxy) is 1. The van der Waals surface area contributed by atoms with Gasteiger partial charge >= 0.3 is 5.97 Å². The smallest absolute Gasteiger partial charge is 0.325 e. The van der Waals surface area contributed by atoms with E-state index in [4.69, 9.17) is 10.5 Å². The predicted octanol–water partition coefficient (Wildman–Crippen LogP) is 0.378. The Morgan fingerprint density at radius 1 is 1.40 bits per heavy atom. The molecular formula is C13H17NO5S. The highest BCUT2D eigenvalue weighted by atomic mass is 32.2. The second kappa shape index (κ2) is 4.75. The summed E-state index contributed by atoms with van der Waals surface area (Å²) in [5.74, 6) is -1.53. The lowest BCUT2D eigenvalue weighted by Gasteiger charge is -2.05. The van der Waals surface area contributed by atoms with Crippen LogP contribution in [0.4, 0.5) is 0 Å². The zero-order valence-corrected chi connectivity index (χ0v) is 12.1. The van der Waals surface area contributed by atoms with Crippen LogP contribution in [-0.4, -0.2) is 43.1 Å². The molecule has 0 amide bonds. The Kier molecular flexibility index (Phi) is 3.51. The van der Waals surface area contributed by atoms with E-state index in [9.17, 15) is 18.3 Å². The molecular weight excluding hydrogens is 282 g/mol. The van der Waals surface area contributed by atoms with Gasteiger partial charge in [0.1, 0.15) is 11.3 Å². The molecule has 0 radical (unpaired) electrons. The molecule has 6 nitrogen and oxygen atoms in total. The van der Waals surface area contributed by atoms with E-state index in [1.807, 2.05) is 0 Å². The van der Waals surface area contributed by atoms with Gasteiger partial charge in [-0.2, -0.15) is 0 Å². The normalized spacial score (nSPS) is 28.9. The third-order valence-electron chi connectivity index (χ3n) is 3.81. The van der Waals surface area contributed by atoms with Crippen LogP contribution in [0.2, 0.25) is 0 Å². The van der Waals surface area contributed by atoms with E-state index in [1.165, 1.54) is 14.0 Å². The minimum Gasteiger partial charge on any atom is -0.497 e. The van der Waals surface area contributed by atoms with Crippen LogP contribution in [-0.2, 0) is 14.6 Å². The van der Waals surface area contributed by atoms with E-state index in [0.29, 0.717) is 11.3 Å². The summed E-state index contributed by atoms with van der Waals surface area (Å²) in [6.45, 7) is 1.49. The molecule has 0 aromatic heterocycles. The van der Waals surface area contributed by atoms with Crippen molar-refractivity contribution in [2.45, 2.75) is 23.6 Å². The second-order valence-electron chi connectivity index (χ2n) is 4.86. The molecule has 7 heteroatoms. The SMILES string of the molecule is CCS(=O)(=O)[C@@H]1[C@@H](c2ccc(OC)cc2)[C@]1(N)C(=O)O. The van der Waals surface area contributed by atoms with Gasteiger partial charge < -0.3 is 15.6 Å².